The summed E-state index contributed by atoms with van der Waals surface area (Å²) in [6.07, 6.45) is -2.72. The molecule has 2 N–H and O–H groups in total. The summed E-state index contributed by atoms with van der Waals surface area (Å²) in [7, 11) is -2.00. The second-order valence-corrected chi connectivity index (χ2v) is 2.74. The molecule has 0 amide bonds. The smallest absolute Gasteiger partial charge is 0.485 e. The molecule has 15 heavy (non-hydrogen) atoms. The maximum absolute atomic E-state index is 13.3. The second kappa shape index (κ2) is 5.04. The zero-order chi connectivity index (χ0) is 11.4. The van der Waals surface area contributed by atoms with Crippen molar-refractivity contribution in [2.75, 3.05) is 6.61 Å². The van der Waals surface area contributed by atoms with Crippen LogP contribution < -0.4 is 10.2 Å². The lowest BCUT2D eigenvalue weighted by Gasteiger charge is -2.09. The maximum Gasteiger partial charge on any atom is 0.491 e. The standard InChI is InChI=1S/C8H8BF3O3/c10-7(11)4-15-6-3-1-2-5(8(6)12)9(13)14/h1-3,7,13-14H,4H2. The third-order valence-corrected chi connectivity index (χ3v) is 1.64. The van der Waals surface area contributed by atoms with Crippen LogP contribution in [0.5, 0.6) is 5.75 Å². The number of hydrogen-bond acceptors (Lipinski definition) is 3. The van der Waals surface area contributed by atoms with Gasteiger partial charge in [0.2, 0.25) is 0 Å². The SMILES string of the molecule is OB(O)c1cccc(OCC(F)F)c1F. The van der Waals surface area contributed by atoms with Crippen LogP contribution in [-0.4, -0.2) is 30.2 Å². The third kappa shape index (κ3) is 3.14. The van der Waals surface area contributed by atoms with Crippen LogP contribution in [0.3, 0.4) is 0 Å². The monoisotopic (exact) mass is 220 g/mol. The van der Waals surface area contributed by atoms with Crippen molar-refractivity contribution in [3.05, 3.63) is 24.0 Å². The van der Waals surface area contributed by atoms with E-state index in [2.05, 4.69) is 4.74 Å². The number of halogens is 3. The van der Waals surface area contributed by atoms with E-state index in [9.17, 15) is 13.2 Å². The Morgan fingerprint density at radius 3 is 2.53 bits per heavy atom. The lowest BCUT2D eigenvalue weighted by molar-refractivity contribution is 0.0800. The van der Waals surface area contributed by atoms with E-state index in [1.807, 2.05) is 0 Å². The Labute approximate surface area is 84.3 Å². The average molecular weight is 220 g/mol. The predicted octanol–water partition coefficient (Wildman–Crippen LogP) is 0.149. The minimum absolute atomic E-state index is 0.415. The first-order valence-corrected chi connectivity index (χ1v) is 4.08. The molecule has 0 fully saturated rings. The Balaban J connectivity index is 2.85. The van der Waals surface area contributed by atoms with Crippen molar-refractivity contribution in [3.63, 3.8) is 0 Å². The van der Waals surface area contributed by atoms with E-state index in [-0.39, 0.29) is 0 Å². The van der Waals surface area contributed by atoms with Crippen molar-refractivity contribution < 1.29 is 28.0 Å². The number of rotatable bonds is 4. The van der Waals surface area contributed by atoms with Gasteiger partial charge in [-0.05, 0) is 6.07 Å². The summed E-state index contributed by atoms with van der Waals surface area (Å²) in [6.45, 7) is -0.943. The van der Waals surface area contributed by atoms with Crippen LogP contribution in [0.1, 0.15) is 0 Å². The van der Waals surface area contributed by atoms with Crippen LogP contribution in [0.4, 0.5) is 13.2 Å². The first-order valence-electron chi connectivity index (χ1n) is 4.08. The Bertz CT molecular complexity index is 333. The van der Waals surface area contributed by atoms with Crippen molar-refractivity contribution in [1.29, 1.82) is 0 Å². The second-order valence-electron chi connectivity index (χ2n) is 2.74. The minimum Gasteiger partial charge on any atom is -0.485 e. The average Bonchev–Trinajstić information content (AvgIpc) is 2.15. The topological polar surface area (TPSA) is 49.7 Å². The Hall–Kier alpha value is -1.21. The molecule has 0 saturated heterocycles. The Kier molecular flexibility index (Phi) is 3.99. The van der Waals surface area contributed by atoms with E-state index in [0.29, 0.717) is 0 Å². The van der Waals surface area contributed by atoms with Gasteiger partial charge in [-0.1, -0.05) is 12.1 Å². The molecule has 0 bridgehead atoms. The molecule has 0 radical (unpaired) electrons. The summed E-state index contributed by atoms with van der Waals surface area (Å²) >= 11 is 0. The molecule has 1 aromatic carbocycles. The molecule has 0 spiro atoms. The van der Waals surface area contributed by atoms with Gasteiger partial charge in [-0.15, -0.1) is 0 Å². The molecule has 7 heteroatoms. The molecule has 1 aromatic rings. The van der Waals surface area contributed by atoms with Crippen LogP contribution in [-0.2, 0) is 0 Å². The molecular weight excluding hydrogens is 212 g/mol. The van der Waals surface area contributed by atoms with Gasteiger partial charge >= 0.3 is 7.12 Å². The van der Waals surface area contributed by atoms with E-state index >= 15 is 0 Å². The highest BCUT2D eigenvalue weighted by molar-refractivity contribution is 6.58. The van der Waals surface area contributed by atoms with E-state index in [1.165, 1.54) is 6.07 Å². The highest BCUT2D eigenvalue weighted by Gasteiger charge is 2.19. The van der Waals surface area contributed by atoms with E-state index in [1.54, 1.807) is 0 Å². The molecule has 3 nitrogen and oxygen atoms in total. The fourth-order valence-electron chi connectivity index (χ4n) is 0.991. The molecule has 82 valence electrons. The summed E-state index contributed by atoms with van der Waals surface area (Å²) < 4.78 is 41.3. The minimum atomic E-state index is -2.72. The fourth-order valence-corrected chi connectivity index (χ4v) is 0.991. The van der Waals surface area contributed by atoms with Crippen LogP contribution in [0.2, 0.25) is 0 Å². The molecule has 0 unspecified atom stereocenters. The molecule has 0 aliphatic carbocycles. The van der Waals surface area contributed by atoms with Crippen molar-refractivity contribution in [2.24, 2.45) is 0 Å². The van der Waals surface area contributed by atoms with Crippen LogP contribution in [0.15, 0.2) is 18.2 Å². The number of benzene rings is 1. The highest BCUT2D eigenvalue weighted by atomic mass is 19.3. The van der Waals surface area contributed by atoms with Gasteiger partial charge < -0.3 is 14.8 Å². The number of hydrogen-bond donors (Lipinski definition) is 2. The van der Waals surface area contributed by atoms with Crippen LogP contribution >= 0.6 is 0 Å². The molecule has 0 aromatic heterocycles. The lowest BCUT2D eigenvalue weighted by Crippen LogP contribution is -2.33. The lowest BCUT2D eigenvalue weighted by atomic mass is 9.80. The molecule has 0 heterocycles. The van der Waals surface area contributed by atoms with Gasteiger partial charge in [0, 0.05) is 5.46 Å². The number of ether oxygens (including phenoxy) is 1. The van der Waals surface area contributed by atoms with Gasteiger partial charge in [-0.3, -0.25) is 0 Å². The molecule has 0 aliphatic rings. The summed E-state index contributed by atoms with van der Waals surface area (Å²) in [5.41, 5.74) is -0.415. The van der Waals surface area contributed by atoms with Gasteiger partial charge in [-0.25, -0.2) is 13.2 Å². The zero-order valence-electron chi connectivity index (χ0n) is 7.53. The molecule has 0 atom stereocenters. The van der Waals surface area contributed by atoms with E-state index in [0.717, 1.165) is 12.1 Å². The normalized spacial score (nSPS) is 10.5. The van der Waals surface area contributed by atoms with Gasteiger partial charge in [0.15, 0.2) is 11.6 Å². The molecule has 0 aliphatic heterocycles. The molecule has 1 rings (SSSR count). The Morgan fingerprint density at radius 1 is 1.33 bits per heavy atom. The summed E-state index contributed by atoms with van der Waals surface area (Å²) in [4.78, 5) is 0. The maximum atomic E-state index is 13.3. The fraction of sp³-hybridized carbons (Fsp3) is 0.250. The first-order chi connectivity index (χ1) is 7.02. The summed E-state index contributed by atoms with van der Waals surface area (Å²) in [6, 6.07) is 3.53. The van der Waals surface area contributed by atoms with Gasteiger partial charge in [0.25, 0.3) is 6.43 Å². The van der Waals surface area contributed by atoms with Crippen LogP contribution in [0, 0.1) is 5.82 Å². The van der Waals surface area contributed by atoms with Crippen LogP contribution in [0.25, 0.3) is 0 Å². The van der Waals surface area contributed by atoms with Gasteiger partial charge in [0.05, 0.1) is 0 Å². The Morgan fingerprint density at radius 2 is 2.00 bits per heavy atom. The highest BCUT2D eigenvalue weighted by Crippen LogP contribution is 2.15. The largest absolute Gasteiger partial charge is 0.491 e. The summed E-state index contributed by atoms with van der Waals surface area (Å²) in [5, 5.41) is 17.4. The molecule has 0 saturated carbocycles. The zero-order valence-corrected chi connectivity index (χ0v) is 7.53. The number of alkyl halides is 2. The van der Waals surface area contributed by atoms with Crippen molar-refractivity contribution in [3.8, 4) is 5.75 Å². The quantitative estimate of drug-likeness (QED) is 0.710. The summed E-state index contributed by atoms with van der Waals surface area (Å²) in [5.74, 6) is -1.48. The van der Waals surface area contributed by atoms with Crippen molar-refractivity contribution >= 4 is 12.6 Å². The van der Waals surface area contributed by atoms with Gasteiger partial charge in [-0.2, -0.15) is 0 Å². The molecular formula is C8H8BF3O3. The van der Waals surface area contributed by atoms with Crippen molar-refractivity contribution in [1.82, 2.24) is 0 Å². The third-order valence-electron chi connectivity index (χ3n) is 1.64. The van der Waals surface area contributed by atoms with Gasteiger partial charge in [0.1, 0.15) is 6.61 Å². The van der Waals surface area contributed by atoms with Crippen molar-refractivity contribution in [2.45, 2.75) is 6.43 Å². The first kappa shape index (κ1) is 11.9. The van der Waals surface area contributed by atoms with E-state index < -0.39 is 37.2 Å². The van der Waals surface area contributed by atoms with E-state index in [4.69, 9.17) is 10.0 Å². The predicted molar refractivity (Wildman–Crippen MR) is 47.7 cm³/mol.